The van der Waals surface area contributed by atoms with Crippen LogP contribution in [0.4, 0.5) is 0 Å². The number of nitrogens with zero attached hydrogens (tertiary/aromatic N) is 6. The van der Waals surface area contributed by atoms with Crippen LogP contribution in [0, 0.1) is 0 Å². The van der Waals surface area contributed by atoms with Crippen molar-refractivity contribution in [2.24, 2.45) is 0 Å². The first-order valence-electron chi connectivity index (χ1n) is 10.2. The van der Waals surface area contributed by atoms with Gasteiger partial charge in [0, 0.05) is 51.1 Å². The summed E-state index contributed by atoms with van der Waals surface area (Å²) in [5, 5.41) is 18.0. The Bertz CT molecular complexity index is 1020. The number of carbonyl (C=O) groups is 2. The lowest BCUT2D eigenvalue weighted by Gasteiger charge is -2.25. The molecule has 3 aromatic heterocycles. The molecule has 2 N–H and O–H groups in total. The van der Waals surface area contributed by atoms with Crippen LogP contribution in [0.2, 0.25) is 0 Å². The molecular weight excluding hydrogens is 402 g/mol. The van der Waals surface area contributed by atoms with Crippen molar-refractivity contribution in [1.82, 2.24) is 34.4 Å². The van der Waals surface area contributed by atoms with Crippen LogP contribution < -0.4 is 5.32 Å². The predicted octanol–water partition coefficient (Wildman–Crippen LogP) is 0.204. The van der Waals surface area contributed by atoms with Gasteiger partial charge in [-0.05, 0) is 18.6 Å². The molecule has 164 valence electrons. The Balaban J connectivity index is 0.000000730. The molecule has 31 heavy (non-hydrogen) atoms. The average Bonchev–Trinajstić information content (AvgIpc) is 3.51. The molecule has 2 aliphatic rings. The van der Waals surface area contributed by atoms with Crippen molar-refractivity contribution in [1.29, 1.82) is 0 Å². The Morgan fingerprint density at radius 2 is 2.16 bits per heavy atom. The summed E-state index contributed by atoms with van der Waals surface area (Å²) in [6, 6.07) is 6.22. The number of nitrogens with one attached hydrogen (secondary N) is 1. The van der Waals surface area contributed by atoms with E-state index < -0.39 is 0 Å². The van der Waals surface area contributed by atoms with E-state index in [-0.39, 0.29) is 12.4 Å². The summed E-state index contributed by atoms with van der Waals surface area (Å²) in [7, 11) is 0. The van der Waals surface area contributed by atoms with Crippen LogP contribution >= 0.6 is 0 Å². The molecule has 5 heterocycles. The van der Waals surface area contributed by atoms with E-state index in [0.717, 1.165) is 57.2 Å². The fourth-order valence-electron chi connectivity index (χ4n) is 3.98. The van der Waals surface area contributed by atoms with Crippen molar-refractivity contribution in [2.45, 2.75) is 32.0 Å². The lowest BCUT2D eigenvalue weighted by atomic mass is 10.2. The van der Waals surface area contributed by atoms with E-state index in [2.05, 4.69) is 30.0 Å². The SMILES string of the molecule is O=C(NCc1nnc2ccccn12)c1cn2c(n1)CCN(C1CCOC1)CC2.O=CO. The maximum atomic E-state index is 12.6. The second-order valence-corrected chi connectivity index (χ2v) is 7.37. The van der Waals surface area contributed by atoms with Crippen molar-refractivity contribution in [3.05, 3.63) is 47.9 Å². The topological polar surface area (TPSA) is 127 Å². The van der Waals surface area contributed by atoms with Gasteiger partial charge in [0.05, 0.1) is 13.2 Å². The summed E-state index contributed by atoms with van der Waals surface area (Å²) >= 11 is 0. The van der Waals surface area contributed by atoms with Crippen LogP contribution in [0.15, 0.2) is 30.6 Å². The van der Waals surface area contributed by atoms with Crippen molar-refractivity contribution in [3.63, 3.8) is 0 Å². The first kappa shape index (κ1) is 20.9. The van der Waals surface area contributed by atoms with E-state index in [1.807, 2.05) is 35.0 Å². The lowest BCUT2D eigenvalue weighted by Crippen LogP contribution is -2.37. The maximum absolute atomic E-state index is 12.6. The molecule has 1 fully saturated rings. The van der Waals surface area contributed by atoms with Gasteiger partial charge < -0.3 is 19.7 Å². The van der Waals surface area contributed by atoms with Crippen LogP contribution in [0.25, 0.3) is 5.65 Å². The summed E-state index contributed by atoms with van der Waals surface area (Å²) in [5.74, 6) is 1.48. The average molecular weight is 427 g/mol. The van der Waals surface area contributed by atoms with Crippen LogP contribution in [0.5, 0.6) is 0 Å². The minimum atomic E-state index is -0.250. The minimum absolute atomic E-state index is 0.186. The Labute approximate surface area is 178 Å². The number of hydrogen-bond acceptors (Lipinski definition) is 7. The van der Waals surface area contributed by atoms with Crippen molar-refractivity contribution < 1.29 is 19.4 Å². The zero-order chi connectivity index (χ0) is 21.6. The summed E-state index contributed by atoms with van der Waals surface area (Å²) in [5.41, 5.74) is 1.22. The highest BCUT2D eigenvalue weighted by Crippen LogP contribution is 2.17. The van der Waals surface area contributed by atoms with Gasteiger partial charge in [-0.25, -0.2) is 4.98 Å². The Kier molecular flexibility index (Phi) is 6.53. The zero-order valence-corrected chi connectivity index (χ0v) is 17.1. The van der Waals surface area contributed by atoms with Crippen molar-refractivity contribution >= 4 is 18.0 Å². The fourth-order valence-corrected chi connectivity index (χ4v) is 3.98. The molecule has 3 aromatic rings. The third-order valence-electron chi connectivity index (χ3n) is 5.56. The van der Waals surface area contributed by atoms with E-state index in [1.54, 1.807) is 0 Å². The van der Waals surface area contributed by atoms with Crippen LogP contribution in [-0.2, 0) is 29.0 Å². The Morgan fingerprint density at radius 3 is 2.97 bits per heavy atom. The van der Waals surface area contributed by atoms with E-state index in [9.17, 15) is 4.79 Å². The molecule has 11 nitrogen and oxygen atoms in total. The van der Waals surface area contributed by atoms with E-state index in [4.69, 9.17) is 14.6 Å². The Hall–Kier alpha value is -3.31. The quantitative estimate of drug-likeness (QED) is 0.566. The number of aromatic nitrogens is 5. The third kappa shape index (κ3) is 4.72. The van der Waals surface area contributed by atoms with Gasteiger partial charge in [0.25, 0.3) is 12.4 Å². The molecule has 5 rings (SSSR count). The second kappa shape index (κ2) is 9.67. The smallest absolute Gasteiger partial charge is 0.290 e. The molecule has 0 saturated carbocycles. The molecule has 2 aliphatic heterocycles. The summed E-state index contributed by atoms with van der Waals surface area (Å²) in [6.07, 6.45) is 5.70. The molecular formula is C20H25N7O4. The molecule has 0 aliphatic carbocycles. The largest absolute Gasteiger partial charge is 0.483 e. The second-order valence-electron chi connectivity index (χ2n) is 7.37. The van der Waals surface area contributed by atoms with Gasteiger partial charge in [-0.2, -0.15) is 0 Å². The molecule has 0 aromatic carbocycles. The molecule has 1 amide bonds. The van der Waals surface area contributed by atoms with E-state index >= 15 is 0 Å². The first-order chi connectivity index (χ1) is 15.2. The Morgan fingerprint density at radius 1 is 1.29 bits per heavy atom. The molecule has 11 heteroatoms. The standard InChI is InChI=1S/C19H23N7O2.CH2O2/c27-19(20-11-18-23-22-17-3-1-2-6-26(17)18)15-12-25-9-8-24(7-4-16(25)21-15)14-5-10-28-13-14;2-1-3/h1-3,6,12,14H,4-5,7-11,13H2,(H,20,27);1H,(H,2,3). The number of hydrogen-bond donors (Lipinski definition) is 2. The summed E-state index contributed by atoms with van der Waals surface area (Å²) in [4.78, 5) is 28.0. The van der Waals surface area contributed by atoms with E-state index in [1.165, 1.54) is 0 Å². The van der Waals surface area contributed by atoms with Gasteiger partial charge in [0.2, 0.25) is 0 Å². The van der Waals surface area contributed by atoms with Gasteiger partial charge >= 0.3 is 0 Å². The van der Waals surface area contributed by atoms with Crippen LogP contribution in [0.3, 0.4) is 0 Å². The highest BCUT2D eigenvalue weighted by Gasteiger charge is 2.26. The van der Waals surface area contributed by atoms with E-state index in [0.29, 0.717) is 24.1 Å². The number of fused-ring (bicyclic) bond motifs is 2. The summed E-state index contributed by atoms with van der Waals surface area (Å²) in [6.45, 7) is 4.51. The maximum Gasteiger partial charge on any atom is 0.290 e. The number of pyridine rings is 1. The molecule has 1 saturated heterocycles. The predicted molar refractivity (Wildman–Crippen MR) is 110 cm³/mol. The highest BCUT2D eigenvalue weighted by atomic mass is 16.5. The molecule has 0 radical (unpaired) electrons. The number of carboxylic acid groups (broad SMARTS) is 1. The van der Waals surface area contributed by atoms with Gasteiger partial charge in [-0.3, -0.25) is 18.9 Å². The number of rotatable bonds is 4. The van der Waals surface area contributed by atoms with Gasteiger partial charge in [0.1, 0.15) is 11.5 Å². The van der Waals surface area contributed by atoms with Gasteiger partial charge in [-0.15, -0.1) is 10.2 Å². The van der Waals surface area contributed by atoms with Crippen LogP contribution in [-0.4, -0.2) is 78.9 Å². The molecule has 0 bridgehead atoms. The summed E-state index contributed by atoms with van der Waals surface area (Å²) < 4.78 is 9.49. The van der Waals surface area contributed by atoms with Gasteiger partial charge in [-0.1, -0.05) is 6.07 Å². The number of amides is 1. The third-order valence-corrected chi connectivity index (χ3v) is 5.56. The first-order valence-corrected chi connectivity index (χ1v) is 10.2. The number of imidazole rings is 1. The lowest BCUT2D eigenvalue weighted by molar-refractivity contribution is -0.122. The molecule has 0 spiro atoms. The number of carbonyl (C=O) groups excluding carboxylic acids is 1. The van der Waals surface area contributed by atoms with Crippen molar-refractivity contribution in [2.75, 3.05) is 26.3 Å². The monoisotopic (exact) mass is 427 g/mol. The van der Waals surface area contributed by atoms with Gasteiger partial charge in [0.15, 0.2) is 11.5 Å². The molecule has 1 unspecified atom stereocenters. The highest BCUT2D eigenvalue weighted by molar-refractivity contribution is 5.92. The normalized spacial score (nSPS) is 18.6. The van der Waals surface area contributed by atoms with Crippen molar-refractivity contribution in [3.8, 4) is 0 Å². The minimum Gasteiger partial charge on any atom is -0.483 e. The number of ether oxygens (including phenoxy) is 1. The fraction of sp³-hybridized carbons (Fsp3) is 0.450. The zero-order valence-electron chi connectivity index (χ0n) is 17.1. The van der Waals surface area contributed by atoms with Crippen LogP contribution in [0.1, 0.15) is 28.6 Å². The molecule has 1 atom stereocenters.